The van der Waals surface area contributed by atoms with Gasteiger partial charge in [-0.1, -0.05) is 29.8 Å². The van der Waals surface area contributed by atoms with E-state index in [4.69, 9.17) is 9.47 Å². The number of ether oxygens (including phenoxy) is 2. The molecule has 1 atom stereocenters. The second kappa shape index (κ2) is 6.73. The molecule has 2 rings (SSSR count). The van der Waals surface area contributed by atoms with E-state index in [0.717, 1.165) is 29.9 Å². The van der Waals surface area contributed by atoms with Crippen LogP contribution in [0, 0.1) is 0 Å². The maximum Gasteiger partial charge on any atom is 0.122 e. The van der Waals surface area contributed by atoms with Crippen molar-refractivity contribution < 1.29 is 9.47 Å². The summed E-state index contributed by atoms with van der Waals surface area (Å²) in [6.07, 6.45) is 0.169. The highest BCUT2D eigenvalue weighted by atomic mass is 79.9. The third kappa shape index (κ3) is 4.20. The number of hydrogen-bond donors (Lipinski definition) is 0. The number of rotatable bonds is 4. The fourth-order valence-corrected chi connectivity index (χ4v) is 2.63. The van der Waals surface area contributed by atoms with Gasteiger partial charge in [-0.25, -0.2) is 0 Å². The van der Waals surface area contributed by atoms with Crippen LogP contribution in [-0.4, -0.2) is 44.4 Å². The Hall–Kier alpha value is -0.580. The topological polar surface area (TPSA) is 21.7 Å². The maximum atomic E-state index is 5.97. The van der Waals surface area contributed by atoms with Gasteiger partial charge in [0.25, 0.3) is 0 Å². The molecule has 1 aliphatic rings. The molecule has 0 radical (unpaired) electrons. The van der Waals surface area contributed by atoms with Gasteiger partial charge in [-0.15, -0.1) is 0 Å². The smallest absolute Gasteiger partial charge is 0.122 e. The lowest BCUT2D eigenvalue weighted by atomic mass is 10.0. The van der Waals surface area contributed by atoms with Crippen molar-refractivity contribution in [1.29, 1.82) is 0 Å². The van der Waals surface area contributed by atoms with Crippen molar-refractivity contribution in [2.24, 2.45) is 0 Å². The highest BCUT2D eigenvalue weighted by Gasteiger charge is 2.19. The lowest BCUT2D eigenvalue weighted by molar-refractivity contribution is -0.0405. The molecule has 0 amide bonds. The first-order valence-corrected chi connectivity index (χ1v) is 7.58. The molecule has 4 heteroatoms. The summed E-state index contributed by atoms with van der Waals surface area (Å²) in [5.41, 5.74) is 1.23. The first-order valence-electron chi connectivity index (χ1n) is 6.78. The molecule has 1 fully saturated rings. The second-order valence-electron chi connectivity index (χ2n) is 5.40. The number of hydrogen-bond acceptors (Lipinski definition) is 3. The molecule has 0 bridgehead atoms. The summed E-state index contributed by atoms with van der Waals surface area (Å²) in [7, 11) is 2.12. The minimum Gasteiger partial charge on any atom is -0.491 e. The van der Waals surface area contributed by atoms with E-state index in [1.54, 1.807) is 0 Å². The zero-order valence-corrected chi connectivity index (χ0v) is 13.4. The van der Waals surface area contributed by atoms with E-state index in [0.29, 0.717) is 12.5 Å². The average Bonchev–Trinajstić information content (AvgIpc) is 2.37. The molecule has 0 aliphatic carbocycles. The second-order valence-corrected chi connectivity index (χ2v) is 6.32. The van der Waals surface area contributed by atoms with Crippen LogP contribution in [0.5, 0.6) is 5.75 Å². The zero-order valence-electron chi connectivity index (χ0n) is 11.9. The molecule has 1 saturated heterocycles. The SMILES string of the molecule is CC(C)c1cc(Br)ccc1OCC1CN(C)CCO1. The summed E-state index contributed by atoms with van der Waals surface area (Å²) in [4.78, 5) is 2.28. The normalized spacial score (nSPS) is 20.8. The fourth-order valence-electron chi connectivity index (χ4n) is 2.25. The Bertz CT molecular complexity index is 423. The lowest BCUT2D eigenvalue weighted by Gasteiger charge is -2.30. The van der Waals surface area contributed by atoms with Crippen molar-refractivity contribution >= 4 is 15.9 Å². The summed E-state index contributed by atoms with van der Waals surface area (Å²) >= 11 is 3.51. The van der Waals surface area contributed by atoms with E-state index in [9.17, 15) is 0 Å². The number of morpholine rings is 1. The van der Waals surface area contributed by atoms with Crippen LogP contribution < -0.4 is 4.74 Å². The zero-order chi connectivity index (χ0) is 13.8. The first-order chi connectivity index (χ1) is 9.06. The molecule has 0 saturated carbocycles. The molecule has 3 nitrogen and oxygen atoms in total. The molecular formula is C15H22BrNO2. The monoisotopic (exact) mass is 327 g/mol. The Morgan fingerprint density at radius 2 is 2.26 bits per heavy atom. The van der Waals surface area contributed by atoms with Crippen LogP contribution in [0.1, 0.15) is 25.3 Å². The van der Waals surface area contributed by atoms with Gasteiger partial charge in [0.1, 0.15) is 18.5 Å². The van der Waals surface area contributed by atoms with Gasteiger partial charge < -0.3 is 14.4 Å². The van der Waals surface area contributed by atoms with Crippen molar-refractivity contribution in [2.75, 3.05) is 33.4 Å². The number of nitrogens with zero attached hydrogens (tertiary/aromatic N) is 1. The largest absolute Gasteiger partial charge is 0.491 e. The van der Waals surface area contributed by atoms with Gasteiger partial charge in [-0.2, -0.15) is 0 Å². The molecule has 1 unspecified atom stereocenters. The first kappa shape index (κ1) is 14.8. The number of benzene rings is 1. The van der Waals surface area contributed by atoms with Gasteiger partial charge in [-0.05, 0) is 36.7 Å². The summed E-state index contributed by atoms with van der Waals surface area (Å²) in [6, 6.07) is 6.19. The molecule has 0 spiro atoms. The van der Waals surface area contributed by atoms with Gasteiger partial charge in [0.15, 0.2) is 0 Å². The summed E-state index contributed by atoms with van der Waals surface area (Å²) in [6.45, 7) is 7.71. The van der Waals surface area contributed by atoms with Crippen molar-refractivity contribution in [1.82, 2.24) is 4.90 Å². The van der Waals surface area contributed by atoms with E-state index in [1.165, 1.54) is 5.56 Å². The summed E-state index contributed by atoms with van der Waals surface area (Å²) < 4.78 is 12.8. The van der Waals surface area contributed by atoms with Crippen molar-refractivity contribution in [3.63, 3.8) is 0 Å². The molecule has 106 valence electrons. The minimum atomic E-state index is 0.169. The quantitative estimate of drug-likeness (QED) is 0.847. The standard InChI is InChI=1S/C15H22BrNO2/c1-11(2)14-8-12(16)4-5-15(14)19-10-13-9-17(3)6-7-18-13/h4-5,8,11,13H,6-7,9-10H2,1-3H3. The highest BCUT2D eigenvalue weighted by molar-refractivity contribution is 9.10. The molecule has 0 N–H and O–H groups in total. The van der Waals surface area contributed by atoms with Crippen molar-refractivity contribution in [3.8, 4) is 5.75 Å². The van der Waals surface area contributed by atoms with E-state index in [-0.39, 0.29) is 6.10 Å². The number of halogens is 1. The molecule has 1 aromatic carbocycles. The average molecular weight is 328 g/mol. The van der Waals surface area contributed by atoms with Gasteiger partial charge >= 0.3 is 0 Å². The molecular weight excluding hydrogens is 306 g/mol. The van der Waals surface area contributed by atoms with Crippen LogP contribution in [0.4, 0.5) is 0 Å². The predicted octanol–water partition coefficient (Wildman–Crippen LogP) is 3.28. The van der Waals surface area contributed by atoms with E-state index < -0.39 is 0 Å². The minimum absolute atomic E-state index is 0.169. The summed E-state index contributed by atoms with van der Waals surface area (Å²) in [5, 5.41) is 0. The Kier molecular flexibility index (Phi) is 5.25. The Balaban J connectivity index is 1.99. The van der Waals surface area contributed by atoms with E-state index in [2.05, 4.69) is 47.8 Å². The Morgan fingerprint density at radius 3 is 2.95 bits per heavy atom. The van der Waals surface area contributed by atoms with Gasteiger partial charge in [0.05, 0.1) is 6.61 Å². The lowest BCUT2D eigenvalue weighted by Crippen LogP contribution is -2.42. The van der Waals surface area contributed by atoms with Gasteiger partial charge in [0.2, 0.25) is 0 Å². The Morgan fingerprint density at radius 1 is 1.47 bits per heavy atom. The van der Waals surface area contributed by atoms with Crippen LogP contribution in [0.15, 0.2) is 22.7 Å². The fraction of sp³-hybridized carbons (Fsp3) is 0.600. The van der Waals surface area contributed by atoms with Crippen LogP contribution >= 0.6 is 15.9 Å². The molecule has 1 heterocycles. The van der Waals surface area contributed by atoms with Gasteiger partial charge in [0, 0.05) is 17.6 Å². The van der Waals surface area contributed by atoms with Crippen LogP contribution in [0.25, 0.3) is 0 Å². The highest BCUT2D eigenvalue weighted by Crippen LogP contribution is 2.29. The Labute approximate surface area is 124 Å². The molecule has 1 aromatic rings. The van der Waals surface area contributed by atoms with Crippen LogP contribution in [-0.2, 0) is 4.74 Å². The van der Waals surface area contributed by atoms with Crippen LogP contribution in [0.3, 0.4) is 0 Å². The number of likely N-dealkylation sites (N-methyl/N-ethyl adjacent to an activating group) is 1. The van der Waals surface area contributed by atoms with Crippen LogP contribution in [0.2, 0.25) is 0 Å². The van der Waals surface area contributed by atoms with Gasteiger partial charge in [-0.3, -0.25) is 0 Å². The van der Waals surface area contributed by atoms with E-state index >= 15 is 0 Å². The maximum absolute atomic E-state index is 5.97. The molecule has 19 heavy (non-hydrogen) atoms. The van der Waals surface area contributed by atoms with Crippen molar-refractivity contribution in [3.05, 3.63) is 28.2 Å². The summed E-state index contributed by atoms with van der Waals surface area (Å²) in [5.74, 6) is 1.41. The molecule has 0 aromatic heterocycles. The molecule has 1 aliphatic heterocycles. The van der Waals surface area contributed by atoms with Crippen molar-refractivity contribution in [2.45, 2.75) is 25.9 Å². The third-order valence-electron chi connectivity index (χ3n) is 3.36. The third-order valence-corrected chi connectivity index (χ3v) is 3.85. The van der Waals surface area contributed by atoms with E-state index in [1.807, 2.05) is 12.1 Å². The predicted molar refractivity (Wildman–Crippen MR) is 81.0 cm³/mol.